The quantitative estimate of drug-likeness (QED) is 0.712. The standard InChI is InChI=1S/C19H19F3N4O2/c1-10(9-12-3-7-14(8-4-12)28-19(20,21)22)26-17-15(16(25-26)13-5-6-13)18(27)24-11(2)23-17/h3-4,7-8,10,13H,5-6,9H2,1-2H3,(H,23,24,27)/t10-/m1/s1. The summed E-state index contributed by atoms with van der Waals surface area (Å²) in [4.78, 5) is 19.7. The van der Waals surface area contributed by atoms with E-state index in [0.717, 1.165) is 24.1 Å². The van der Waals surface area contributed by atoms with Gasteiger partial charge in [0.05, 0.1) is 11.7 Å². The lowest BCUT2D eigenvalue weighted by Gasteiger charge is -2.14. The number of alkyl halides is 3. The van der Waals surface area contributed by atoms with Gasteiger partial charge in [0.15, 0.2) is 5.65 Å². The third-order valence-electron chi connectivity index (χ3n) is 4.78. The van der Waals surface area contributed by atoms with Crippen LogP contribution in [-0.4, -0.2) is 26.1 Å². The van der Waals surface area contributed by atoms with Gasteiger partial charge in [-0.25, -0.2) is 9.67 Å². The van der Waals surface area contributed by atoms with Crippen LogP contribution in [0.1, 0.15) is 48.8 Å². The van der Waals surface area contributed by atoms with Crippen molar-refractivity contribution in [1.29, 1.82) is 0 Å². The molecule has 0 spiro atoms. The summed E-state index contributed by atoms with van der Waals surface area (Å²) in [6.45, 7) is 3.67. The van der Waals surface area contributed by atoms with Crippen LogP contribution in [-0.2, 0) is 6.42 Å². The third-order valence-corrected chi connectivity index (χ3v) is 4.78. The number of fused-ring (bicyclic) bond motifs is 1. The number of rotatable bonds is 5. The molecule has 1 saturated carbocycles. The minimum Gasteiger partial charge on any atom is -0.406 e. The first kappa shape index (κ1) is 18.5. The van der Waals surface area contributed by atoms with E-state index in [0.29, 0.717) is 29.2 Å². The van der Waals surface area contributed by atoms with Crippen molar-refractivity contribution < 1.29 is 17.9 Å². The maximum absolute atomic E-state index is 12.4. The lowest BCUT2D eigenvalue weighted by atomic mass is 10.1. The molecule has 0 radical (unpaired) electrons. The van der Waals surface area contributed by atoms with E-state index >= 15 is 0 Å². The number of benzene rings is 1. The molecule has 0 unspecified atom stereocenters. The van der Waals surface area contributed by atoms with E-state index in [9.17, 15) is 18.0 Å². The molecule has 0 bridgehead atoms. The Morgan fingerprint density at radius 3 is 2.57 bits per heavy atom. The fraction of sp³-hybridized carbons (Fsp3) is 0.421. The molecular formula is C19H19F3N4O2. The Morgan fingerprint density at radius 1 is 1.29 bits per heavy atom. The monoisotopic (exact) mass is 392 g/mol. The highest BCUT2D eigenvalue weighted by atomic mass is 19.4. The van der Waals surface area contributed by atoms with Gasteiger partial charge in [0.25, 0.3) is 5.56 Å². The molecule has 6 nitrogen and oxygen atoms in total. The van der Waals surface area contributed by atoms with Crippen molar-refractivity contribution >= 4 is 11.0 Å². The second kappa shape index (κ2) is 6.65. The van der Waals surface area contributed by atoms with E-state index in [1.54, 1.807) is 23.7 Å². The van der Waals surface area contributed by atoms with Crippen LogP contribution in [0.15, 0.2) is 29.1 Å². The highest BCUT2D eigenvalue weighted by Gasteiger charge is 2.32. The number of hydrogen-bond acceptors (Lipinski definition) is 4. The SMILES string of the molecule is Cc1nc2c(c(C3CC3)nn2[C@H](C)Cc2ccc(OC(F)(F)F)cc2)c(=O)[nH]1. The number of aromatic amines is 1. The molecule has 1 atom stereocenters. The molecule has 0 amide bonds. The molecule has 4 rings (SSSR count). The number of ether oxygens (including phenoxy) is 1. The van der Waals surface area contributed by atoms with Crippen LogP contribution in [0.4, 0.5) is 13.2 Å². The number of halogens is 3. The van der Waals surface area contributed by atoms with Gasteiger partial charge in [-0.15, -0.1) is 13.2 Å². The Bertz CT molecular complexity index is 1070. The minimum atomic E-state index is -4.71. The second-order valence-electron chi connectivity index (χ2n) is 7.20. The molecule has 9 heteroatoms. The van der Waals surface area contributed by atoms with Crippen LogP contribution in [0, 0.1) is 6.92 Å². The van der Waals surface area contributed by atoms with Crippen LogP contribution in [0.25, 0.3) is 11.0 Å². The maximum atomic E-state index is 12.4. The summed E-state index contributed by atoms with van der Waals surface area (Å²) in [5.74, 6) is 0.551. The summed E-state index contributed by atoms with van der Waals surface area (Å²) in [7, 11) is 0. The summed E-state index contributed by atoms with van der Waals surface area (Å²) in [6, 6.07) is 5.64. The molecule has 3 aromatic rings. The highest BCUT2D eigenvalue weighted by molar-refractivity contribution is 5.78. The summed E-state index contributed by atoms with van der Waals surface area (Å²) >= 11 is 0. The summed E-state index contributed by atoms with van der Waals surface area (Å²) in [6.07, 6.45) is -2.16. The minimum absolute atomic E-state index is 0.127. The third kappa shape index (κ3) is 3.74. The number of nitrogens with zero attached hydrogens (tertiary/aromatic N) is 3. The van der Waals surface area contributed by atoms with Gasteiger partial charge < -0.3 is 9.72 Å². The highest BCUT2D eigenvalue weighted by Crippen LogP contribution is 2.41. The molecule has 2 aromatic heterocycles. The lowest BCUT2D eigenvalue weighted by molar-refractivity contribution is -0.274. The van der Waals surface area contributed by atoms with Crippen molar-refractivity contribution in [3.63, 3.8) is 0 Å². The first-order valence-electron chi connectivity index (χ1n) is 9.05. The van der Waals surface area contributed by atoms with E-state index in [-0.39, 0.29) is 17.4 Å². The predicted molar refractivity (Wildman–Crippen MR) is 96.4 cm³/mol. The van der Waals surface area contributed by atoms with Crippen LogP contribution in [0.2, 0.25) is 0 Å². The van der Waals surface area contributed by atoms with Crippen LogP contribution in [0.3, 0.4) is 0 Å². The van der Waals surface area contributed by atoms with Gasteiger partial charge in [-0.05, 0) is 50.8 Å². The Kier molecular flexibility index (Phi) is 4.40. The Labute approximate surface area is 158 Å². The smallest absolute Gasteiger partial charge is 0.406 e. The molecule has 1 N–H and O–H groups in total. The molecule has 28 heavy (non-hydrogen) atoms. The van der Waals surface area contributed by atoms with Gasteiger partial charge >= 0.3 is 6.36 Å². The topological polar surface area (TPSA) is 72.8 Å². The molecule has 0 aliphatic heterocycles. The van der Waals surface area contributed by atoms with E-state index in [1.165, 1.54) is 12.1 Å². The van der Waals surface area contributed by atoms with Crippen LogP contribution >= 0.6 is 0 Å². The average molecular weight is 392 g/mol. The Morgan fingerprint density at radius 2 is 1.96 bits per heavy atom. The largest absolute Gasteiger partial charge is 0.573 e. The fourth-order valence-corrected chi connectivity index (χ4v) is 3.39. The zero-order valence-electron chi connectivity index (χ0n) is 15.4. The number of H-pyrrole nitrogens is 1. The molecule has 0 saturated heterocycles. The van der Waals surface area contributed by atoms with Crippen molar-refractivity contribution in [1.82, 2.24) is 19.7 Å². The van der Waals surface area contributed by atoms with Gasteiger partial charge in [0.1, 0.15) is 17.0 Å². The molecule has 1 fully saturated rings. The van der Waals surface area contributed by atoms with Crippen molar-refractivity contribution in [2.75, 3.05) is 0 Å². The van der Waals surface area contributed by atoms with Crippen LogP contribution < -0.4 is 10.3 Å². The predicted octanol–water partition coefficient (Wildman–Crippen LogP) is 4.01. The molecule has 1 aliphatic rings. The van der Waals surface area contributed by atoms with E-state index in [2.05, 4.69) is 19.8 Å². The van der Waals surface area contributed by atoms with Crippen molar-refractivity contribution in [3.8, 4) is 5.75 Å². The summed E-state index contributed by atoms with van der Waals surface area (Å²) in [5.41, 5.74) is 1.98. The molecule has 148 valence electrons. The maximum Gasteiger partial charge on any atom is 0.573 e. The molecular weight excluding hydrogens is 373 g/mol. The Balaban J connectivity index is 1.62. The van der Waals surface area contributed by atoms with Gasteiger partial charge in [0.2, 0.25) is 0 Å². The normalized spacial score (nSPS) is 15.8. The number of hydrogen-bond donors (Lipinski definition) is 1. The number of nitrogens with one attached hydrogen (secondary N) is 1. The molecule has 1 aromatic carbocycles. The zero-order valence-corrected chi connectivity index (χ0v) is 15.4. The first-order chi connectivity index (χ1) is 13.2. The van der Waals surface area contributed by atoms with Crippen LogP contribution in [0.5, 0.6) is 5.75 Å². The zero-order chi connectivity index (χ0) is 20.1. The average Bonchev–Trinajstić information content (AvgIpc) is 3.36. The van der Waals surface area contributed by atoms with Crippen molar-refractivity contribution in [2.45, 2.75) is 51.4 Å². The number of aryl methyl sites for hydroxylation is 1. The van der Waals surface area contributed by atoms with Gasteiger partial charge in [-0.2, -0.15) is 5.10 Å². The van der Waals surface area contributed by atoms with Gasteiger partial charge in [-0.1, -0.05) is 12.1 Å². The second-order valence-corrected chi connectivity index (χ2v) is 7.20. The van der Waals surface area contributed by atoms with Gasteiger partial charge in [-0.3, -0.25) is 4.79 Å². The first-order valence-corrected chi connectivity index (χ1v) is 9.05. The Hall–Kier alpha value is -2.84. The van der Waals surface area contributed by atoms with Gasteiger partial charge in [0, 0.05) is 5.92 Å². The number of aromatic nitrogens is 4. The lowest BCUT2D eigenvalue weighted by Crippen LogP contribution is -2.17. The van der Waals surface area contributed by atoms with Crippen molar-refractivity contribution in [2.24, 2.45) is 0 Å². The molecule has 2 heterocycles. The van der Waals surface area contributed by atoms with E-state index in [4.69, 9.17) is 0 Å². The summed E-state index contributed by atoms with van der Waals surface area (Å²) in [5, 5.41) is 5.21. The summed E-state index contributed by atoms with van der Waals surface area (Å²) < 4.78 is 42.5. The fourth-order valence-electron chi connectivity index (χ4n) is 3.39. The van der Waals surface area contributed by atoms with E-state index in [1.807, 2.05) is 6.92 Å². The molecule has 1 aliphatic carbocycles. The van der Waals surface area contributed by atoms with E-state index < -0.39 is 6.36 Å². The van der Waals surface area contributed by atoms with Crippen molar-refractivity contribution in [3.05, 3.63) is 51.7 Å².